The first-order valence-electron chi connectivity index (χ1n) is 1.77. The Morgan fingerprint density at radius 2 is 2.11 bits per heavy atom. The topological polar surface area (TPSA) is 46.5 Å². The van der Waals surface area contributed by atoms with Crippen molar-refractivity contribution in [2.75, 3.05) is 5.88 Å². The van der Waals surface area contributed by atoms with Crippen LogP contribution in [0.5, 0.6) is 0 Å². The van der Waals surface area contributed by atoms with Crippen LogP contribution in [0.25, 0.3) is 0 Å². The van der Waals surface area contributed by atoms with E-state index < -0.39 is 12.8 Å². The van der Waals surface area contributed by atoms with Gasteiger partial charge in [0.2, 0.25) is 0 Å². The van der Waals surface area contributed by atoms with E-state index >= 15 is 0 Å². The molecule has 0 spiro atoms. The molecule has 0 heterocycles. The molecular weight excluding hydrogens is 209 g/mol. The van der Waals surface area contributed by atoms with Crippen LogP contribution in [0.1, 0.15) is 0 Å². The van der Waals surface area contributed by atoms with E-state index in [0.29, 0.717) is 0 Å². The van der Waals surface area contributed by atoms with Crippen LogP contribution in [0.2, 0.25) is 0 Å². The molecule has 0 bridgehead atoms. The third-order valence-corrected chi connectivity index (χ3v) is 2.12. The fourth-order valence-corrected chi connectivity index (χ4v) is 0.917. The first-order chi connectivity index (χ1) is 3.98. The summed E-state index contributed by atoms with van der Waals surface area (Å²) in [6, 6.07) is 0. The van der Waals surface area contributed by atoms with E-state index in [1.807, 2.05) is 0 Å². The first kappa shape index (κ1) is 9.89. The number of hydrogen-bond acceptors (Lipinski definition) is 2. The van der Waals surface area contributed by atoms with Gasteiger partial charge in [0.1, 0.15) is 0 Å². The van der Waals surface area contributed by atoms with Crippen LogP contribution >= 0.6 is 43.1 Å². The smallest absolute Gasteiger partial charge is 0.133 e. The van der Waals surface area contributed by atoms with Gasteiger partial charge in [-0.05, 0) is 0 Å². The van der Waals surface area contributed by atoms with Crippen molar-refractivity contribution in [2.24, 2.45) is 0 Å². The molecule has 3 nitrogen and oxygen atoms in total. The molecule has 0 radical (unpaired) electrons. The second kappa shape index (κ2) is 3.91. The lowest BCUT2D eigenvalue weighted by atomic mass is 10.8. The zero-order chi connectivity index (χ0) is 7.49. The monoisotopic (exact) mass is 211 g/mol. The minimum Gasteiger partial charge on any atom is -0.133 e. The van der Waals surface area contributed by atoms with Gasteiger partial charge >= 0.3 is 8.25 Å². The quantitative estimate of drug-likeness (QED) is 0.575. The van der Waals surface area contributed by atoms with E-state index in [1.165, 1.54) is 0 Å². The van der Waals surface area contributed by atoms with Gasteiger partial charge in [-0.15, -0.1) is 16.5 Å². The maximum absolute atomic E-state index is 9.87. The molecule has 0 rings (SSSR count). The molecule has 1 N–H and O–H groups in total. The molecule has 0 aromatic heterocycles. The van der Waals surface area contributed by atoms with Gasteiger partial charge in [0.25, 0.3) is 4.52 Å². The van der Waals surface area contributed by atoms with Crippen molar-refractivity contribution in [1.82, 2.24) is 0 Å². The van der Waals surface area contributed by atoms with Crippen molar-refractivity contribution in [3.8, 4) is 0 Å². The summed E-state index contributed by atoms with van der Waals surface area (Å²) >= 11 is 15.5. The zero-order valence-electron chi connectivity index (χ0n) is 4.05. The summed E-state index contributed by atoms with van der Waals surface area (Å²) in [6.07, 6.45) is 0. The normalized spacial score (nSPS) is 13.6. The molecule has 0 aliphatic heterocycles. The van der Waals surface area contributed by atoms with Crippen LogP contribution in [-0.2, 0) is 9.09 Å². The maximum atomic E-state index is 9.87. The third-order valence-electron chi connectivity index (χ3n) is 0.367. The van der Waals surface area contributed by atoms with Gasteiger partial charge in [-0.25, -0.2) is 0 Å². The van der Waals surface area contributed by atoms with Gasteiger partial charge in [0, 0.05) is 4.57 Å². The van der Waals surface area contributed by atoms with Gasteiger partial charge < -0.3 is 0 Å². The Bertz CT molecular complexity index is 116. The van der Waals surface area contributed by atoms with Crippen molar-refractivity contribution in [1.29, 1.82) is 0 Å². The highest BCUT2D eigenvalue weighted by Crippen LogP contribution is 2.33. The van der Waals surface area contributed by atoms with Gasteiger partial charge in [-0.2, -0.15) is 0 Å². The number of rotatable bonds is 3. The summed E-state index contributed by atoms with van der Waals surface area (Å²) in [6.45, 7) is 0. The average molecular weight is 212 g/mol. The Morgan fingerprint density at radius 1 is 1.67 bits per heavy atom. The average Bonchev–Trinajstić information content (AvgIpc) is 1.63. The molecule has 0 aromatic carbocycles. The molecule has 0 fully saturated rings. The van der Waals surface area contributed by atoms with Crippen LogP contribution in [0.15, 0.2) is 0 Å². The van der Waals surface area contributed by atoms with E-state index in [2.05, 4.69) is 4.52 Å². The highest BCUT2D eigenvalue weighted by molar-refractivity contribution is 7.32. The standard InChI is InChI=1S/C2H2Cl3O3P/c3-1-2(4,5)8-9(6)7/h1H2/p+1. The van der Waals surface area contributed by atoms with Crippen molar-refractivity contribution in [2.45, 2.75) is 4.52 Å². The van der Waals surface area contributed by atoms with Gasteiger partial charge in [-0.3, -0.25) is 0 Å². The lowest BCUT2D eigenvalue weighted by Gasteiger charge is -2.04. The maximum Gasteiger partial charge on any atom is 0.697 e. The molecule has 0 aliphatic carbocycles. The molecular formula is C2H3Cl3O3P+. The second-order valence-corrected chi connectivity index (χ2v) is 3.44. The fraction of sp³-hybridized carbons (Fsp3) is 1.00. The van der Waals surface area contributed by atoms with E-state index in [0.717, 1.165) is 0 Å². The summed E-state index contributed by atoms with van der Waals surface area (Å²) in [5.74, 6) is -0.266. The Labute approximate surface area is 67.8 Å². The van der Waals surface area contributed by atoms with Crippen LogP contribution in [0.4, 0.5) is 0 Å². The van der Waals surface area contributed by atoms with E-state index in [1.54, 1.807) is 0 Å². The van der Waals surface area contributed by atoms with Gasteiger partial charge in [0.15, 0.2) is 0 Å². The van der Waals surface area contributed by atoms with Crippen LogP contribution < -0.4 is 0 Å². The molecule has 0 amide bonds. The minimum atomic E-state index is -2.79. The van der Waals surface area contributed by atoms with E-state index in [4.69, 9.17) is 39.7 Å². The van der Waals surface area contributed by atoms with Crippen molar-refractivity contribution < 1.29 is 14.0 Å². The minimum absolute atomic E-state index is 0.266. The van der Waals surface area contributed by atoms with Crippen LogP contribution in [0, 0.1) is 0 Å². The van der Waals surface area contributed by atoms with Crippen LogP contribution in [0.3, 0.4) is 0 Å². The highest BCUT2D eigenvalue weighted by atomic mass is 35.5. The molecule has 54 valence electrons. The second-order valence-electron chi connectivity index (χ2n) is 1.10. The molecule has 0 saturated carbocycles. The first-order valence-corrected chi connectivity index (χ1v) is 4.19. The summed E-state index contributed by atoms with van der Waals surface area (Å²) in [5, 5.41) is 0. The molecule has 9 heavy (non-hydrogen) atoms. The Kier molecular flexibility index (Phi) is 4.30. The summed E-state index contributed by atoms with van der Waals surface area (Å²) in [5.41, 5.74) is 0. The predicted molar refractivity (Wildman–Crippen MR) is 36.1 cm³/mol. The number of halogens is 3. The van der Waals surface area contributed by atoms with Crippen LogP contribution in [-0.4, -0.2) is 15.3 Å². The lowest BCUT2D eigenvalue weighted by molar-refractivity contribution is 0.241. The van der Waals surface area contributed by atoms with E-state index in [9.17, 15) is 4.57 Å². The number of hydrogen-bond donors (Lipinski definition) is 1. The molecule has 0 aliphatic rings. The highest BCUT2D eigenvalue weighted by Gasteiger charge is 2.35. The van der Waals surface area contributed by atoms with Crippen molar-refractivity contribution in [3.05, 3.63) is 0 Å². The van der Waals surface area contributed by atoms with Crippen molar-refractivity contribution >= 4 is 43.1 Å². The summed E-state index contributed by atoms with van der Waals surface area (Å²) in [7, 11) is -2.79. The SMILES string of the molecule is O=[P+](O)OC(Cl)(Cl)CCl. The Hall–Kier alpha value is 0.890. The zero-order valence-corrected chi connectivity index (χ0v) is 7.21. The summed E-state index contributed by atoms with van der Waals surface area (Å²) < 4.78 is 12.2. The number of alkyl halides is 3. The summed E-state index contributed by atoms with van der Waals surface area (Å²) in [4.78, 5) is 8.08. The molecule has 1 atom stereocenters. The molecule has 0 saturated heterocycles. The van der Waals surface area contributed by atoms with Gasteiger partial charge in [0.05, 0.1) is 5.88 Å². The molecule has 1 unspecified atom stereocenters. The predicted octanol–water partition coefficient (Wildman–Crippen LogP) is 2.02. The Morgan fingerprint density at radius 3 is 2.22 bits per heavy atom. The van der Waals surface area contributed by atoms with Gasteiger partial charge in [-0.1, -0.05) is 27.7 Å². The lowest BCUT2D eigenvalue weighted by Crippen LogP contribution is -2.15. The Balaban J connectivity index is 3.71. The molecule has 0 aromatic rings. The van der Waals surface area contributed by atoms with E-state index in [-0.39, 0.29) is 5.88 Å². The third kappa shape index (κ3) is 5.34. The van der Waals surface area contributed by atoms with Crippen molar-refractivity contribution in [3.63, 3.8) is 0 Å². The largest absolute Gasteiger partial charge is 0.697 e. The fourth-order valence-electron chi connectivity index (χ4n) is 0.139. The molecule has 7 heteroatoms.